The molecule has 0 amide bonds. The maximum Gasteiger partial charge on any atom is 0.169 e. The van der Waals surface area contributed by atoms with Crippen molar-refractivity contribution in [3.8, 4) is 17.2 Å². The van der Waals surface area contributed by atoms with Gasteiger partial charge < -0.3 is 14.0 Å². The van der Waals surface area contributed by atoms with Gasteiger partial charge in [-0.2, -0.15) is 0 Å². The van der Waals surface area contributed by atoms with Gasteiger partial charge in [-0.3, -0.25) is 0 Å². The predicted molar refractivity (Wildman–Crippen MR) is 67.7 cm³/mol. The molecule has 3 nitrogen and oxygen atoms in total. The number of para-hydroxylation sites is 2. The average Bonchev–Trinajstić information content (AvgIpc) is 2.66. The Balaban J connectivity index is 2.20. The molecule has 0 atom stereocenters. The van der Waals surface area contributed by atoms with E-state index in [9.17, 15) is 0 Å². The number of rotatable bonds is 4. The number of ether oxygens (including phenoxy) is 2. The summed E-state index contributed by atoms with van der Waals surface area (Å²) in [6.07, 6.45) is 4.00. The Morgan fingerprint density at radius 2 is 1.76 bits per heavy atom. The summed E-state index contributed by atoms with van der Waals surface area (Å²) in [5, 5.41) is 0. The van der Waals surface area contributed by atoms with Crippen LogP contribution >= 0.6 is 0 Å². The maximum absolute atomic E-state index is 5.79. The molecule has 0 spiro atoms. The van der Waals surface area contributed by atoms with Crippen LogP contribution in [0.4, 0.5) is 0 Å². The molecule has 17 heavy (non-hydrogen) atoms. The number of benzene rings is 1. The number of aromatic nitrogens is 1. The second kappa shape index (κ2) is 4.95. The molecule has 0 fully saturated rings. The zero-order chi connectivity index (χ0) is 12.3. The van der Waals surface area contributed by atoms with Crippen molar-refractivity contribution < 1.29 is 9.47 Å². The Morgan fingerprint density at radius 1 is 1.06 bits per heavy atom. The number of nitrogens with zero attached hydrogens (tertiary/aromatic N) is 1. The van der Waals surface area contributed by atoms with Crippen molar-refractivity contribution >= 4 is 0 Å². The molecule has 0 aliphatic rings. The molecule has 0 saturated carbocycles. The van der Waals surface area contributed by atoms with Gasteiger partial charge in [-0.1, -0.05) is 12.1 Å². The average molecular weight is 231 g/mol. The highest BCUT2D eigenvalue weighted by molar-refractivity contribution is 5.42. The molecule has 90 valence electrons. The van der Waals surface area contributed by atoms with Gasteiger partial charge in [0.15, 0.2) is 11.5 Å². The van der Waals surface area contributed by atoms with Gasteiger partial charge >= 0.3 is 0 Å². The predicted octanol–water partition coefficient (Wildman–Crippen LogP) is 3.60. The second-order valence-corrected chi connectivity index (χ2v) is 4.23. The lowest BCUT2D eigenvalue weighted by Gasteiger charge is -2.13. The van der Waals surface area contributed by atoms with Crippen molar-refractivity contribution in [1.82, 2.24) is 4.57 Å². The summed E-state index contributed by atoms with van der Waals surface area (Å²) >= 11 is 0. The normalized spacial score (nSPS) is 10.6. The van der Waals surface area contributed by atoms with E-state index < -0.39 is 0 Å². The summed E-state index contributed by atoms with van der Waals surface area (Å²) in [5.41, 5.74) is 0. The van der Waals surface area contributed by atoms with Gasteiger partial charge in [-0.15, -0.1) is 0 Å². The topological polar surface area (TPSA) is 23.4 Å². The Kier molecular flexibility index (Phi) is 3.38. The maximum atomic E-state index is 5.79. The first-order valence-corrected chi connectivity index (χ1v) is 5.70. The van der Waals surface area contributed by atoms with Gasteiger partial charge in [0.25, 0.3) is 0 Å². The monoisotopic (exact) mass is 231 g/mol. The summed E-state index contributed by atoms with van der Waals surface area (Å²) < 4.78 is 13.4. The molecule has 0 N–H and O–H groups in total. The summed E-state index contributed by atoms with van der Waals surface area (Å²) in [6.45, 7) is 4.00. The van der Waals surface area contributed by atoms with E-state index in [1.807, 2.05) is 68.2 Å². The van der Waals surface area contributed by atoms with Crippen LogP contribution in [0.1, 0.15) is 13.8 Å². The summed E-state index contributed by atoms with van der Waals surface area (Å²) in [7, 11) is 1.96. The van der Waals surface area contributed by atoms with Gasteiger partial charge in [0.2, 0.25) is 0 Å². The van der Waals surface area contributed by atoms with Crippen LogP contribution in [0, 0.1) is 0 Å². The van der Waals surface area contributed by atoms with Crippen LogP contribution in [0.3, 0.4) is 0 Å². The first kappa shape index (κ1) is 11.6. The first-order valence-electron chi connectivity index (χ1n) is 5.70. The minimum Gasteiger partial charge on any atom is -0.487 e. The largest absolute Gasteiger partial charge is 0.487 e. The van der Waals surface area contributed by atoms with Crippen LogP contribution in [-0.2, 0) is 7.05 Å². The molecule has 0 radical (unpaired) electrons. The fourth-order valence-electron chi connectivity index (χ4n) is 1.55. The summed E-state index contributed by atoms with van der Waals surface area (Å²) in [4.78, 5) is 0. The lowest BCUT2D eigenvalue weighted by atomic mass is 10.3. The quantitative estimate of drug-likeness (QED) is 0.802. The third kappa shape index (κ3) is 3.03. The summed E-state index contributed by atoms with van der Waals surface area (Å²) in [6, 6.07) is 9.62. The first-order chi connectivity index (χ1) is 8.15. The molecule has 2 aromatic rings. The van der Waals surface area contributed by atoms with Gasteiger partial charge in [-0.05, 0) is 32.0 Å². The van der Waals surface area contributed by atoms with Crippen LogP contribution in [0.5, 0.6) is 17.2 Å². The van der Waals surface area contributed by atoms with Crippen LogP contribution in [-0.4, -0.2) is 10.7 Å². The van der Waals surface area contributed by atoms with E-state index in [0.717, 1.165) is 17.2 Å². The smallest absolute Gasteiger partial charge is 0.169 e. The van der Waals surface area contributed by atoms with Gasteiger partial charge in [-0.25, -0.2) is 0 Å². The highest BCUT2D eigenvalue weighted by Gasteiger charge is 2.07. The van der Waals surface area contributed by atoms with Gasteiger partial charge in [0, 0.05) is 19.4 Å². The van der Waals surface area contributed by atoms with Crippen molar-refractivity contribution in [2.24, 2.45) is 7.05 Å². The molecule has 2 rings (SSSR count). The minimum atomic E-state index is 0.135. The molecule has 0 aliphatic carbocycles. The lowest BCUT2D eigenvalue weighted by molar-refractivity contribution is 0.233. The Bertz CT molecular complexity index is 488. The molecule has 0 unspecified atom stereocenters. The molecule has 1 aromatic heterocycles. The van der Waals surface area contributed by atoms with E-state index in [2.05, 4.69) is 0 Å². The molecular weight excluding hydrogens is 214 g/mol. The molecule has 0 aliphatic heterocycles. The van der Waals surface area contributed by atoms with Crippen LogP contribution in [0.15, 0.2) is 42.7 Å². The third-order valence-electron chi connectivity index (χ3n) is 2.24. The molecule has 0 saturated heterocycles. The van der Waals surface area contributed by atoms with E-state index in [-0.39, 0.29) is 6.10 Å². The fourth-order valence-corrected chi connectivity index (χ4v) is 1.55. The second-order valence-electron chi connectivity index (χ2n) is 4.23. The molecule has 3 heteroatoms. The van der Waals surface area contributed by atoms with E-state index >= 15 is 0 Å². The number of hydrogen-bond acceptors (Lipinski definition) is 2. The van der Waals surface area contributed by atoms with E-state index in [1.165, 1.54) is 0 Å². The minimum absolute atomic E-state index is 0.135. The van der Waals surface area contributed by atoms with Crippen LogP contribution < -0.4 is 9.47 Å². The zero-order valence-electron chi connectivity index (χ0n) is 10.4. The highest BCUT2D eigenvalue weighted by atomic mass is 16.5. The Morgan fingerprint density at radius 3 is 2.35 bits per heavy atom. The van der Waals surface area contributed by atoms with E-state index in [4.69, 9.17) is 9.47 Å². The van der Waals surface area contributed by atoms with Crippen LogP contribution in [0.2, 0.25) is 0 Å². The molecule has 0 bridgehead atoms. The molecular formula is C14H17NO2. The van der Waals surface area contributed by atoms with E-state index in [0.29, 0.717) is 0 Å². The lowest BCUT2D eigenvalue weighted by Crippen LogP contribution is -2.06. The molecule has 1 aromatic carbocycles. The summed E-state index contributed by atoms with van der Waals surface area (Å²) in [5.74, 6) is 2.33. The van der Waals surface area contributed by atoms with Gasteiger partial charge in [0.1, 0.15) is 5.75 Å². The SMILES string of the molecule is CC(C)Oc1ccccc1Oc1ccn(C)c1. The van der Waals surface area contributed by atoms with E-state index in [1.54, 1.807) is 0 Å². The standard InChI is InChI=1S/C14H17NO2/c1-11(2)16-13-6-4-5-7-14(13)17-12-8-9-15(3)10-12/h4-11H,1-3H3. The van der Waals surface area contributed by atoms with Gasteiger partial charge in [0.05, 0.1) is 6.10 Å². The number of hydrogen-bond donors (Lipinski definition) is 0. The molecule has 1 heterocycles. The van der Waals surface area contributed by atoms with Crippen molar-refractivity contribution in [2.75, 3.05) is 0 Å². The fraction of sp³-hybridized carbons (Fsp3) is 0.286. The Hall–Kier alpha value is -1.90. The van der Waals surface area contributed by atoms with Crippen molar-refractivity contribution in [3.05, 3.63) is 42.7 Å². The number of aryl methyl sites for hydroxylation is 1. The van der Waals surface area contributed by atoms with Crippen molar-refractivity contribution in [2.45, 2.75) is 20.0 Å². The third-order valence-corrected chi connectivity index (χ3v) is 2.24. The van der Waals surface area contributed by atoms with Crippen molar-refractivity contribution in [1.29, 1.82) is 0 Å². The zero-order valence-corrected chi connectivity index (χ0v) is 10.4. The Labute approximate surface area is 102 Å². The van der Waals surface area contributed by atoms with Crippen molar-refractivity contribution in [3.63, 3.8) is 0 Å². The highest BCUT2D eigenvalue weighted by Crippen LogP contribution is 2.31. The van der Waals surface area contributed by atoms with Crippen LogP contribution in [0.25, 0.3) is 0 Å².